The zero-order valence-corrected chi connectivity index (χ0v) is 13.9. The van der Waals surface area contributed by atoms with E-state index >= 15 is 0 Å². The highest BCUT2D eigenvalue weighted by atomic mass is 16.6. The highest BCUT2D eigenvalue weighted by Crippen LogP contribution is 2.25. The molecule has 0 saturated carbocycles. The van der Waals surface area contributed by atoms with Crippen molar-refractivity contribution in [1.82, 2.24) is 20.0 Å². The predicted octanol–water partition coefficient (Wildman–Crippen LogP) is -0.0837. The van der Waals surface area contributed by atoms with E-state index in [1.807, 2.05) is 0 Å². The number of piperidine rings is 1. The number of rotatable bonds is 4. The average molecular weight is 367 g/mol. The van der Waals surface area contributed by atoms with Gasteiger partial charge in [0.1, 0.15) is 6.61 Å². The normalized spacial score (nSPS) is 20.8. The monoisotopic (exact) mass is 367 g/mol. The molecular weight excluding hydrogens is 350 g/mol. The molecule has 0 bridgehead atoms. The van der Waals surface area contributed by atoms with E-state index in [-0.39, 0.29) is 24.2 Å². The number of cyclic esters (lactones) is 1. The maximum Gasteiger partial charge on any atom is 0.410 e. The van der Waals surface area contributed by atoms with Gasteiger partial charge >= 0.3 is 17.9 Å². The number of hydrogen-bond acceptors (Lipinski definition) is 8. The molecule has 1 atom stereocenters. The van der Waals surface area contributed by atoms with Crippen LogP contribution in [0.4, 0.5) is 10.6 Å². The Kier molecular flexibility index (Phi) is 4.73. The topological polar surface area (TPSA) is 148 Å². The van der Waals surface area contributed by atoms with E-state index in [0.717, 1.165) is 6.07 Å². The summed E-state index contributed by atoms with van der Waals surface area (Å²) in [6.07, 6.45) is 0.315. The van der Waals surface area contributed by atoms with Crippen molar-refractivity contribution >= 4 is 23.8 Å². The Bertz CT molecular complexity index is 740. The van der Waals surface area contributed by atoms with Gasteiger partial charge in [0.25, 0.3) is 5.91 Å². The minimum Gasteiger partial charge on any atom is -0.467 e. The summed E-state index contributed by atoms with van der Waals surface area (Å²) >= 11 is 0. The number of nitrogens with zero attached hydrogens (tertiary/aromatic N) is 4. The van der Waals surface area contributed by atoms with Crippen molar-refractivity contribution in [2.24, 2.45) is 0 Å². The molecule has 2 aliphatic heterocycles. The van der Waals surface area contributed by atoms with Crippen LogP contribution in [0.15, 0.2) is 6.07 Å². The fourth-order valence-corrected chi connectivity index (χ4v) is 3.18. The van der Waals surface area contributed by atoms with Gasteiger partial charge in [0.2, 0.25) is 0 Å². The van der Waals surface area contributed by atoms with Crippen LogP contribution in [0.25, 0.3) is 0 Å². The van der Waals surface area contributed by atoms with Gasteiger partial charge in [0, 0.05) is 19.1 Å². The van der Waals surface area contributed by atoms with Crippen molar-refractivity contribution in [1.29, 1.82) is 0 Å². The molecule has 0 aromatic carbocycles. The number of amides is 2. The highest BCUT2D eigenvalue weighted by molar-refractivity contribution is 5.93. The summed E-state index contributed by atoms with van der Waals surface area (Å²) in [6, 6.07) is 0.0416. The molecule has 1 N–H and O–H groups in total. The number of carbonyl (C=O) groups excluding carboxylic acids is 3. The number of ether oxygens (including phenoxy) is 2. The summed E-state index contributed by atoms with van der Waals surface area (Å²) in [6.45, 7) is 0.589. The Labute approximate surface area is 147 Å². The molecule has 140 valence electrons. The Morgan fingerprint density at radius 1 is 1.42 bits per heavy atom. The van der Waals surface area contributed by atoms with Crippen LogP contribution in [0.5, 0.6) is 0 Å². The number of hydrogen-bond donors (Lipinski definition) is 1. The van der Waals surface area contributed by atoms with Crippen LogP contribution >= 0.6 is 0 Å². The number of nitro groups is 1. The van der Waals surface area contributed by atoms with E-state index in [0.29, 0.717) is 25.9 Å². The van der Waals surface area contributed by atoms with Gasteiger partial charge in [-0.05, 0) is 17.8 Å². The van der Waals surface area contributed by atoms with Gasteiger partial charge in [-0.25, -0.2) is 9.59 Å². The number of methoxy groups -OCH3 is 1. The van der Waals surface area contributed by atoms with Gasteiger partial charge in [0.05, 0.1) is 13.2 Å². The van der Waals surface area contributed by atoms with Gasteiger partial charge in [0.15, 0.2) is 11.7 Å². The molecule has 0 spiro atoms. The maximum atomic E-state index is 12.4. The van der Waals surface area contributed by atoms with Crippen molar-refractivity contribution in [2.75, 3.05) is 26.8 Å². The van der Waals surface area contributed by atoms with Crippen molar-refractivity contribution < 1.29 is 28.8 Å². The molecule has 0 radical (unpaired) electrons. The fourth-order valence-electron chi connectivity index (χ4n) is 3.18. The molecule has 26 heavy (non-hydrogen) atoms. The molecule has 2 saturated heterocycles. The number of likely N-dealkylation sites (tertiary alicyclic amines) is 1. The largest absolute Gasteiger partial charge is 0.467 e. The second-order valence-electron chi connectivity index (χ2n) is 5.94. The lowest BCUT2D eigenvalue weighted by Crippen LogP contribution is -2.52. The fraction of sp³-hybridized carbons (Fsp3) is 0.571. The number of H-pyrrole nitrogens is 1. The Hall–Kier alpha value is -3.18. The maximum absolute atomic E-state index is 12.4. The van der Waals surface area contributed by atoms with E-state index in [4.69, 9.17) is 9.47 Å². The zero-order chi connectivity index (χ0) is 18.8. The van der Waals surface area contributed by atoms with E-state index in [2.05, 4.69) is 10.2 Å². The van der Waals surface area contributed by atoms with E-state index in [9.17, 15) is 24.5 Å². The quantitative estimate of drug-likeness (QED) is 0.441. The third kappa shape index (κ3) is 3.17. The lowest BCUT2D eigenvalue weighted by atomic mass is 10.0. The van der Waals surface area contributed by atoms with Crippen LogP contribution in [0.3, 0.4) is 0 Å². The summed E-state index contributed by atoms with van der Waals surface area (Å²) in [7, 11) is 1.24. The van der Waals surface area contributed by atoms with Crippen molar-refractivity contribution in [3.63, 3.8) is 0 Å². The first-order chi connectivity index (χ1) is 12.4. The van der Waals surface area contributed by atoms with E-state index in [1.165, 1.54) is 16.9 Å². The lowest BCUT2D eigenvalue weighted by molar-refractivity contribution is -0.389. The Morgan fingerprint density at radius 3 is 2.69 bits per heavy atom. The van der Waals surface area contributed by atoms with Gasteiger partial charge < -0.3 is 24.5 Å². The first-order valence-electron chi connectivity index (χ1n) is 7.94. The number of aromatic nitrogens is 2. The van der Waals surface area contributed by atoms with Gasteiger partial charge in [-0.2, -0.15) is 0 Å². The van der Waals surface area contributed by atoms with Crippen LogP contribution in [-0.4, -0.2) is 81.8 Å². The van der Waals surface area contributed by atoms with Crippen LogP contribution in [-0.2, 0) is 14.3 Å². The predicted molar refractivity (Wildman–Crippen MR) is 83.2 cm³/mol. The average Bonchev–Trinajstić information content (AvgIpc) is 3.28. The third-order valence-corrected chi connectivity index (χ3v) is 4.51. The molecule has 2 fully saturated rings. The number of carbonyl (C=O) groups is 3. The molecule has 0 aliphatic carbocycles. The summed E-state index contributed by atoms with van der Waals surface area (Å²) in [4.78, 5) is 49.0. The molecule has 12 heteroatoms. The lowest BCUT2D eigenvalue weighted by Gasteiger charge is -2.36. The summed E-state index contributed by atoms with van der Waals surface area (Å²) < 4.78 is 9.65. The summed E-state index contributed by atoms with van der Waals surface area (Å²) in [5.74, 6) is -1.33. The molecule has 2 aliphatic rings. The van der Waals surface area contributed by atoms with Crippen LogP contribution in [0.2, 0.25) is 0 Å². The SMILES string of the molecule is COC(=O)C1COC(=O)N1C1CCN(C(=O)c2cc([N+](=O)[O-])[nH]n2)CC1. The summed E-state index contributed by atoms with van der Waals surface area (Å²) in [5.41, 5.74) is -0.0387. The van der Waals surface area contributed by atoms with Crippen LogP contribution in [0, 0.1) is 10.1 Å². The summed E-state index contributed by atoms with van der Waals surface area (Å²) in [5, 5.41) is 16.5. The molecule has 1 aromatic rings. The van der Waals surface area contributed by atoms with Crippen molar-refractivity contribution in [2.45, 2.75) is 24.9 Å². The Balaban J connectivity index is 1.63. The molecule has 1 unspecified atom stereocenters. The minimum absolute atomic E-state index is 0.0387. The molecular formula is C14H17N5O7. The van der Waals surface area contributed by atoms with Crippen molar-refractivity contribution in [3.05, 3.63) is 21.9 Å². The van der Waals surface area contributed by atoms with Crippen LogP contribution < -0.4 is 0 Å². The first kappa shape index (κ1) is 17.6. The van der Waals surface area contributed by atoms with Gasteiger partial charge in [-0.15, -0.1) is 5.10 Å². The number of esters is 1. The molecule has 12 nitrogen and oxygen atoms in total. The molecule has 1 aromatic heterocycles. The van der Waals surface area contributed by atoms with E-state index in [1.54, 1.807) is 0 Å². The second-order valence-corrected chi connectivity index (χ2v) is 5.94. The van der Waals surface area contributed by atoms with Crippen molar-refractivity contribution in [3.8, 4) is 0 Å². The second kappa shape index (κ2) is 6.98. The first-order valence-corrected chi connectivity index (χ1v) is 7.94. The molecule has 2 amide bonds. The minimum atomic E-state index is -0.784. The van der Waals surface area contributed by atoms with E-state index < -0.39 is 28.9 Å². The standard InChI is InChI=1S/C14H17N5O7/c1-25-13(21)10-7-26-14(22)18(10)8-2-4-17(5-3-8)12(20)9-6-11(16-15-9)19(23)24/h6,8,10H,2-5,7H2,1H3,(H,15,16). The zero-order valence-electron chi connectivity index (χ0n) is 13.9. The molecule has 3 rings (SSSR count). The Morgan fingerprint density at radius 2 is 2.12 bits per heavy atom. The number of aromatic amines is 1. The highest BCUT2D eigenvalue weighted by Gasteiger charge is 2.44. The molecule has 3 heterocycles. The smallest absolute Gasteiger partial charge is 0.410 e. The van der Waals surface area contributed by atoms with Gasteiger partial charge in [-0.1, -0.05) is 5.10 Å². The number of nitrogens with one attached hydrogen (secondary N) is 1. The van der Waals surface area contributed by atoms with Crippen LogP contribution in [0.1, 0.15) is 23.3 Å². The van der Waals surface area contributed by atoms with Gasteiger partial charge in [-0.3, -0.25) is 9.69 Å². The third-order valence-electron chi connectivity index (χ3n) is 4.51.